The Balaban J connectivity index is 2.77. The van der Waals surface area contributed by atoms with E-state index in [0.717, 1.165) is 6.20 Å². The predicted octanol–water partition coefficient (Wildman–Crippen LogP) is -0.273. The summed E-state index contributed by atoms with van der Waals surface area (Å²) >= 11 is 0. The van der Waals surface area contributed by atoms with Crippen molar-refractivity contribution in [1.82, 2.24) is 9.78 Å². The molecule has 0 bridgehead atoms. The van der Waals surface area contributed by atoms with Crippen molar-refractivity contribution < 1.29 is 4.92 Å². The topological polar surface area (TPSA) is 111 Å². The minimum absolute atomic E-state index is 0.0772. The van der Waals surface area contributed by atoms with E-state index in [-0.39, 0.29) is 18.1 Å². The molecule has 0 amide bonds. The van der Waals surface area contributed by atoms with E-state index in [9.17, 15) is 10.1 Å². The molecular weight excluding hydrogens is 162 g/mol. The molecule has 7 nitrogen and oxygen atoms in total. The smallest absolute Gasteiger partial charge is 0.307 e. The number of nitro groups is 1. The van der Waals surface area contributed by atoms with Crippen LogP contribution in [0.25, 0.3) is 0 Å². The van der Waals surface area contributed by atoms with Crippen LogP contribution in [0.1, 0.15) is 0 Å². The van der Waals surface area contributed by atoms with E-state index in [0.29, 0.717) is 0 Å². The van der Waals surface area contributed by atoms with Gasteiger partial charge in [-0.15, -0.1) is 0 Å². The highest BCUT2D eigenvalue weighted by atomic mass is 16.6. The molecule has 12 heavy (non-hydrogen) atoms. The normalized spacial score (nSPS) is 9.67. The lowest BCUT2D eigenvalue weighted by Crippen LogP contribution is -2.17. The summed E-state index contributed by atoms with van der Waals surface area (Å²) in [4.78, 5) is 9.62. The van der Waals surface area contributed by atoms with Gasteiger partial charge in [0.15, 0.2) is 0 Å². The second-order valence-electron chi connectivity index (χ2n) is 2.18. The predicted molar refractivity (Wildman–Crippen MR) is 40.8 cm³/mol. The van der Waals surface area contributed by atoms with Gasteiger partial charge >= 0.3 is 5.69 Å². The van der Waals surface area contributed by atoms with Crippen molar-refractivity contribution in [2.45, 2.75) is 6.54 Å². The zero-order chi connectivity index (χ0) is 9.14. The van der Waals surface area contributed by atoms with Gasteiger partial charge in [-0.3, -0.25) is 20.2 Å². The van der Waals surface area contributed by atoms with Gasteiger partial charge in [-0.1, -0.05) is 0 Å². The van der Waals surface area contributed by atoms with E-state index < -0.39 is 4.92 Å². The average Bonchev–Trinajstić information content (AvgIpc) is 2.34. The van der Waals surface area contributed by atoms with Crippen LogP contribution in [-0.4, -0.2) is 20.5 Å². The third kappa shape index (κ3) is 1.78. The van der Waals surface area contributed by atoms with Gasteiger partial charge in [0.2, 0.25) is 0 Å². The maximum absolute atomic E-state index is 10.2. The second-order valence-corrected chi connectivity index (χ2v) is 2.18. The number of aromatic nitrogens is 2. The summed E-state index contributed by atoms with van der Waals surface area (Å²) in [6.07, 6.45) is 2.34. The van der Waals surface area contributed by atoms with Crippen molar-refractivity contribution in [3.05, 3.63) is 22.5 Å². The molecule has 0 aliphatic rings. The van der Waals surface area contributed by atoms with Crippen molar-refractivity contribution in [2.75, 3.05) is 0 Å². The molecule has 0 saturated heterocycles. The van der Waals surface area contributed by atoms with Gasteiger partial charge in [-0.05, 0) is 0 Å². The summed E-state index contributed by atoms with van der Waals surface area (Å²) in [5, 5.41) is 20.7. The fraction of sp³-hybridized carbons (Fsp3) is 0.200. The number of hydrogen-bond donors (Lipinski definition) is 2. The standard InChI is InChI=1S/C5H7N5O2/c6-5(7)3-9-2-4(1-8-9)10(11)12/h1-2H,3H2,(H3,6,7). The highest BCUT2D eigenvalue weighted by molar-refractivity contribution is 5.76. The Morgan fingerprint density at radius 1 is 1.92 bits per heavy atom. The Labute approximate surface area is 67.4 Å². The van der Waals surface area contributed by atoms with Crippen LogP contribution in [0.2, 0.25) is 0 Å². The summed E-state index contributed by atoms with van der Waals surface area (Å²) in [5.41, 5.74) is 4.96. The number of hydrogen-bond acceptors (Lipinski definition) is 4. The van der Waals surface area contributed by atoms with Crippen molar-refractivity contribution in [2.24, 2.45) is 5.73 Å². The molecule has 64 valence electrons. The molecule has 0 atom stereocenters. The first-order valence-corrected chi connectivity index (χ1v) is 3.09. The number of rotatable bonds is 3. The Bertz CT molecular complexity index is 317. The molecule has 0 aliphatic heterocycles. The maximum Gasteiger partial charge on any atom is 0.307 e. The lowest BCUT2D eigenvalue weighted by molar-refractivity contribution is -0.385. The monoisotopic (exact) mass is 169 g/mol. The molecule has 0 aromatic carbocycles. The molecular formula is C5H7N5O2. The molecule has 1 heterocycles. The first-order chi connectivity index (χ1) is 5.59. The average molecular weight is 169 g/mol. The first kappa shape index (κ1) is 8.18. The van der Waals surface area contributed by atoms with Crippen molar-refractivity contribution in [1.29, 1.82) is 5.41 Å². The Hall–Kier alpha value is -1.92. The van der Waals surface area contributed by atoms with Gasteiger partial charge in [0.05, 0.1) is 11.5 Å². The fourth-order valence-electron chi connectivity index (χ4n) is 0.708. The highest BCUT2D eigenvalue weighted by Gasteiger charge is 2.08. The minimum Gasteiger partial charge on any atom is -0.386 e. The molecule has 0 radical (unpaired) electrons. The molecule has 3 N–H and O–H groups in total. The summed E-state index contributed by atoms with van der Waals surface area (Å²) < 4.78 is 1.24. The SMILES string of the molecule is N=C(N)Cn1cc([N+](=O)[O-])cn1. The van der Waals surface area contributed by atoms with Crippen molar-refractivity contribution in [3.63, 3.8) is 0 Å². The number of nitrogens with two attached hydrogens (primary N) is 1. The fourth-order valence-corrected chi connectivity index (χ4v) is 0.708. The van der Waals surface area contributed by atoms with Gasteiger partial charge in [0, 0.05) is 0 Å². The summed E-state index contributed by atoms with van der Waals surface area (Å²) in [6, 6.07) is 0. The highest BCUT2D eigenvalue weighted by Crippen LogP contribution is 2.06. The first-order valence-electron chi connectivity index (χ1n) is 3.09. The third-order valence-corrected chi connectivity index (χ3v) is 1.16. The van der Waals surface area contributed by atoms with E-state index in [4.69, 9.17) is 11.1 Å². The number of nitrogens with zero attached hydrogens (tertiary/aromatic N) is 3. The van der Waals surface area contributed by atoms with E-state index in [1.807, 2.05) is 0 Å². The van der Waals surface area contributed by atoms with Crippen LogP contribution in [0.15, 0.2) is 12.4 Å². The minimum atomic E-state index is -0.552. The molecule has 1 aromatic heterocycles. The zero-order valence-electron chi connectivity index (χ0n) is 6.10. The van der Waals surface area contributed by atoms with Gasteiger partial charge in [-0.25, -0.2) is 0 Å². The van der Waals surface area contributed by atoms with Crippen LogP contribution < -0.4 is 5.73 Å². The molecule has 0 saturated carbocycles. The lowest BCUT2D eigenvalue weighted by atomic mass is 10.6. The molecule has 0 fully saturated rings. The van der Waals surface area contributed by atoms with E-state index >= 15 is 0 Å². The quantitative estimate of drug-likeness (QED) is 0.280. The van der Waals surface area contributed by atoms with Crippen molar-refractivity contribution >= 4 is 11.5 Å². The van der Waals surface area contributed by atoms with Crippen LogP contribution in [0.3, 0.4) is 0 Å². The van der Waals surface area contributed by atoms with Crippen molar-refractivity contribution in [3.8, 4) is 0 Å². The Morgan fingerprint density at radius 2 is 2.58 bits per heavy atom. The van der Waals surface area contributed by atoms with Crippen LogP contribution in [0.4, 0.5) is 5.69 Å². The van der Waals surface area contributed by atoms with Crippen LogP contribution in [0, 0.1) is 15.5 Å². The van der Waals surface area contributed by atoms with E-state index in [1.165, 1.54) is 10.9 Å². The largest absolute Gasteiger partial charge is 0.386 e. The van der Waals surface area contributed by atoms with Crippen LogP contribution in [0.5, 0.6) is 0 Å². The van der Waals surface area contributed by atoms with E-state index in [1.54, 1.807) is 0 Å². The van der Waals surface area contributed by atoms with Crippen LogP contribution in [-0.2, 0) is 6.54 Å². The van der Waals surface area contributed by atoms with Gasteiger partial charge < -0.3 is 5.73 Å². The third-order valence-electron chi connectivity index (χ3n) is 1.16. The van der Waals surface area contributed by atoms with E-state index in [2.05, 4.69) is 5.10 Å². The lowest BCUT2D eigenvalue weighted by Gasteiger charge is -1.94. The summed E-state index contributed by atoms with van der Waals surface area (Å²) in [6.45, 7) is 0.0772. The molecule has 7 heteroatoms. The van der Waals surface area contributed by atoms with Gasteiger partial charge in [-0.2, -0.15) is 5.10 Å². The Morgan fingerprint density at radius 3 is 3.00 bits per heavy atom. The molecule has 0 unspecified atom stereocenters. The van der Waals surface area contributed by atoms with Gasteiger partial charge in [0.1, 0.15) is 18.2 Å². The van der Waals surface area contributed by atoms with Crippen LogP contribution >= 0.6 is 0 Å². The number of nitrogens with one attached hydrogen (secondary N) is 1. The summed E-state index contributed by atoms with van der Waals surface area (Å²) in [7, 11) is 0. The maximum atomic E-state index is 10.2. The molecule has 1 aromatic rings. The Kier molecular flexibility index (Phi) is 2.04. The summed E-state index contributed by atoms with van der Waals surface area (Å²) in [5.74, 6) is -0.0898. The second kappa shape index (κ2) is 2.99. The zero-order valence-corrected chi connectivity index (χ0v) is 6.10. The molecule has 0 aliphatic carbocycles. The molecule has 0 spiro atoms. The number of amidine groups is 1. The van der Waals surface area contributed by atoms with Gasteiger partial charge in [0.25, 0.3) is 0 Å². The molecule has 1 rings (SSSR count).